The van der Waals surface area contributed by atoms with E-state index in [1.807, 2.05) is 43.0 Å². The van der Waals surface area contributed by atoms with E-state index in [1.54, 1.807) is 6.07 Å². The number of hydrogen-bond acceptors (Lipinski definition) is 6. The third kappa shape index (κ3) is 4.28. The molecule has 31 heavy (non-hydrogen) atoms. The molecule has 1 fully saturated rings. The third-order valence-electron chi connectivity index (χ3n) is 5.95. The molecule has 1 unspecified atom stereocenters. The van der Waals surface area contributed by atoms with Gasteiger partial charge in [0.1, 0.15) is 6.04 Å². The summed E-state index contributed by atoms with van der Waals surface area (Å²) >= 11 is 0. The van der Waals surface area contributed by atoms with Crippen molar-refractivity contribution in [3.8, 4) is 11.5 Å². The van der Waals surface area contributed by atoms with Crippen LogP contribution in [0.4, 0.5) is 11.4 Å². The summed E-state index contributed by atoms with van der Waals surface area (Å²) in [4.78, 5) is 27.0. The molecule has 1 aliphatic carbocycles. The van der Waals surface area contributed by atoms with Crippen LogP contribution in [0.1, 0.15) is 49.8 Å². The van der Waals surface area contributed by atoms with Gasteiger partial charge in [-0.05, 0) is 50.5 Å². The number of likely N-dealkylation sites (N-methyl/N-ethyl adjacent to an activating group) is 1. The number of rotatable bonds is 7. The molecular formula is C23H27N3O5. The number of hydrogen-bond donors (Lipinski definition) is 1. The molecule has 0 radical (unpaired) electrons. The Morgan fingerprint density at radius 2 is 1.94 bits per heavy atom. The van der Waals surface area contributed by atoms with Crippen LogP contribution in [-0.2, 0) is 4.79 Å². The summed E-state index contributed by atoms with van der Waals surface area (Å²) in [7, 11) is 0. The minimum Gasteiger partial charge on any atom is -0.454 e. The van der Waals surface area contributed by atoms with Crippen molar-refractivity contribution in [1.82, 2.24) is 5.32 Å². The van der Waals surface area contributed by atoms with E-state index in [0.717, 1.165) is 36.9 Å². The number of nitrogens with one attached hydrogen (secondary N) is 1. The Balaban J connectivity index is 1.82. The maximum atomic E-state index is 13.6. The van der Waals surface area contributed by atoms with Gasteiger partial charge < -0.3 is 19.7 Å². The van der Waals surface area contributed by atoms with Crippen LogP contribution in [0.3, 0.4) is 0 Å². The first-order valence-electron chi connectivity index (χ1n) is 10.7. The van der Waals surface area contributed by atoms with Crippen molar-refractivity contribution in [2.75, 3.05) is 18.2 Å². The average Bonchev–Trinajstić information content (AvgIpc) is 3.42. The molecule has 2 aromatic rings. The standard InChI is InChI=1S/C23H27N3O5/c1-3-25(17-10-6-7-15(2)11-17)22(23(27)24-16-8-4-5-9-16)18-12-20-21(31-14-30-20)13-19(18)26(28)29/h6-7,10-13,16,22H,3-5,8-9,14H2,1-2H3,(H,24,27). The molecule has 0 spiro atoms. The van der Waals surface area contributed by atoms with Crippen molar-refractivity contribution in [3.05, 3.63) is 57.6 Å². The van der Waals surface area contributed by atoms with E-state index >= 15 is 0 Å². The first-order valence-corrected chi connectivity index (χ1v) is 10.7. The second-order valence-corrected chi connectivity index (χ2v) is 8.04. The maximum Gasteiger partial charge on any atom is 0.279 e. The molecule has 0 aromatic heterocycles. The molecule has 1 N–H and O–H groups in total. The Bertz CT molecular complexity index is 987. The van der Waals surface area contributed by atoms with Gasteiger partial charge in [-0.2, -0.15) is 0 Å². The maximum absolute atomic E-state index is 13.6. The second kappa shape index (κ2) is 8.83. The van der Waals surface area contributed by atoms with Gasteiger partial charge >= 0.3 is 0 Å². The van der Waals surface area contributed by atoms with Crippen LogP contribution in [0.25, 0.3) is 0 Å². The first-order chi connectivity index (χ1) is 15.0. The van der Waals surface area contributed by atoms with Crippen LogP contribution >= 0.6 is 0 Å². The first kappa shape index (κ1) is 21.0. The second-order valence-electron chi connectivity index (χ2n) is 8.04. The van der Waals surface area contributed by atoms with Gasteiger partial charge in [0.05, 0.1) is 16.6 Å². The van der Waals surface area contributed by atoms with Crippen LogP contribution < -0.4 is 19.7 Å². The normalized spacial score (nSPS) is 16.2. The van der Waals surface area contributed by atoms with Gasteiger partial charge in [0.25, 0.3) is 5.69 Å². The highest BCUT2D eigenvalue weighted by Crippen LogP contribution is 2.42. The summed E-state index contributed by atoms with van der Waals surface area (Å²) in [6.45, 7) is 4.42. The summed E-state index contributed by atoms with van der Waals surface area (Å²) in [6, 6.07) is 9.97. The minimum absolute atomic E-state index is 0.00422. The van der Waals surface area contributed by atoms with E-state index < -0.39 is 11.0 Å². The van der Waals surface area contributed by atoms with Crippen LogP contribution in [0.15, 0.2) is 36.4 Å². The monoisotopic (exact) mass is 425 g/mol. The molecule has 1 atom stereocenters. The number of aryl methyl sites for hydroxylation is 1. The lowest BCUT2D eigenvalue weighted by Gasteiger charge is -2.33. The molecular weight excluding hydrogens is 398 g/mol. The molecule has 0 bridgehead atoms. The molecule has 2 aromatic carbocycles. The van der Waals surface area contributed by atoms with E-state index in [-0.39, 0.29) is 24.4 Å². The summed E-state index contributed by atoms with van der Waals surface area (Å²) in [5, 5.41) is 15.1. The molecule has 4 rings (SSSR count). The van der Waals surface area contributed by atoms with Gasteiger partial charge in [-0.15, -0.1) is 0 Å². The number of nitro benzene ring substituents is 1. The summed E-state index contributed by atoms with van der Waals surface area (Å²) in [6.07, 6.45) is 4.01. The zero-order chi connectivity index (χ0) is 22.0. The summed E-state index contributed by atoms with van der Waals surface area (Å²) in [5.41, 5.74) is 2.03. The number of anilines is 1. The molecule has 0 saturated heterocycles. The van der Waals surface area contributed by atoms with Crippen LogP contribution in [-0.4, -0.2) is 30.2 Å². The summed E-state index contributed by atoms with van der Waals surface area (Å²) < 4.78 is 10.8. The average molecular weight is 425 g/mol. The van der Waals surface area contributed by atoms with Gasteiger partial charge in [0.2, 0.25) is 12.7 Å². The zero-order valence-corrected chi connectivity index (χ0v) is 17.8. The number of nitrogens with zero attached hydrogens (tertiary/aromatic N) is 2. The highest BCUT2D eigenvalue weighted by Gasteiger charge is 2.36. The lowest BCUT2D eigenvalue weighted by atomic mass is 9.99. The van der Waals surface area contributed by atoms with E-state index in [4.69, 9.17) is 9.47 Å². The lowest BCUT2D eigenvalue weighted by molar-refractivity contribution is -0.385. The molecule has 164 valence electrons. The highest BCUT2D eigenvalue weighted by molar-refractivity contribution is 5.88. The molecule has 1 heterocycles. The molecule has 8 nitrogen and oxygen atoms in total. The van der Waals surface area contributed by atoms with Gasteiger partial charge in [-0.3, -0.25) is 14.9 Å². The largest absolute Gasteiger partial charge is 0.454 e. The predicted octanol–water partition coefficient (Wildman–Crippen LogP) is 4.26. The summed E-state index contributed by atoms with van der Waals surface area (Å²) in [5.74, 6) is 0.501. The Morgan fingerprint density at radius 3 is 2.58 bits per heavy atom. The Kier molecular flexibility index (Phi) is 5.97. The third-order valence-corrected chi connectivity index (χ3v) is 5.95. The van der Waals surface area contributed by atoms with Crippen molar-refractivity contribution >= 4 is 17.3 Å². The van der Waals surface area contributed by atoms with Crippen LogP contribution in [0.5, 0.6) is 11.5 Å². The van der Waals surface area contributed by atoms with Crippen LogP contribution in [0.2, 0.25) is 0 Å². The van der Waals surface area contributed by atoms with Gasteiger partial charge in [0, 0.05) is 18.3 Å². The SMILES string of the molecule is CCN(c1cccc(C)c1)C(C(=O)NC1CCCC1)c1cc2c(cc1[N+](=O)[O-])OCO2. The molecule has 1 saturated carbocycles. The number of fused-ring (bicyclic) bond motifs is 1. The van der Waals surface area contributed by atoms with E-state index in [1.165, 1.54) is 6.07 Å². The van der Waals surface area contributed by atoms with E-state index in [0.29, 0.717) is 23.6 Å². The Hall–Kier alpha value is -3.29. The fourth-order valence-corrected chi connectivity index (χ4v) is 4.45. The predicted molar refractivity (Wildman–Crippen MR) is 117 cm³/mol. The Morgan fingerprint density at radius 1 is 1.23 bits per heavy atom. The van der Waals surface area contributed by atoms with E-state index in [9.17, 15) is 14.9 Å². The number of carbonyl (C=O) groups excluding carboxylic acids is 1. The van der Waals surface area contributed by atoms with Crippen molar-refractivity contribution in [2.24, 2.45) is 0 Å². The highest BCUT2D eigenvalue weighted by atomic mass is 16.7. The van der Waals surface area contributed by atoms with E-state index in [2.05, 4.69) is 5.32 Å². The minimum atomic E-state index is -0.873. The van der Waals surface area contributed by atoms with Crippen molar-refractivity contribution in [2.45, 2.75) is 51.6 Å². The number of amides is 1. The van der Waals surface area contributed by atoms with Crippen molar-refractivity contribution in [3.63, 3.8) is 0 Å². The quantitative estimate of drug-likeness (QED) is 0.526. The zero-order valence-electron chi connectivity index (χ0n) is 17.8. The number of nitro groups is 1. The van der Waals surface area contributed by atoms with Gasteiger partial charge in [0.15, 0.2) is 11.5 Å². The van der Waals surface area contributed by atoms with Crippen molar-refractivity contribution < 1.29 is 19.2 Å². The molecule has 1 amide bonds. The lowest BCUT2D eigenvalue weighted by Crippen LogP contribution is -2.44. The smallest absolute Gasteiger partial charge is 0.279 e. The fraction of sp³-hybridized carbons (Fsp3) is 0.435. The number of ether oxygens (including phenoxy) is 2. The molecule has 8 heteroatoms. The number of benzene rings is 2. The van der Waals surface area contributed by atoms with Crippen LogP contribution in [0, 0.1) is 17.0 Å². The number of carbonyl (C=O) groups is 1. The fourth-order valence-electron chi connectivity index (χ4n) is 4.45. The van der Waals surface area contributed by atoms with Crippen molar-refractivity contribution in [1.29, 1.82) is 0 Å². The topological polar surface area (TPSA) is 93.9 Å². The Labute approximate surface area is 181 Å². The van der Waals surface area contributed by atoms with Gasteiger partial charge in [-0.1, -0.05) is 25.0 Å². The molecule has 1 aliphatic heterocycles. The van der Waals surface area contributed by atoms with Gasteiger partial charge in [-0.25, -0.2) is 0 Å². The molecule has 2 aliphatic rings.